The highest BCUT2D eigenvalue weighted by atomic mass is 32.1. The molecule has 0 spiro atoms. The van der Waals surface area contributed by atoms with Gasteiger partial charge in [0.2, 0.25) is 5.91 Å². The monoisotopic (exact) mass is 164 g/mol. The summed E-state index contributed by atoms with van der Waals surface area (Å²) in [5.41, 5.74) is 0.579. The van der Waals surface area contributed by atoms with Gasteiger partial charge in [-0.2, -0.15) is 12.6 Å². The van der Waals surface area contributed by atoms with Crippen molar-refractivity contribution in [3.8, 4) is 0 Å². The number of nitrogens with two attached hydrogens (primary N) is 1. The molecule has 0 aliphatic carbocycles. The minimum Gasteiger partial charge on any atom is -0.294 e. The molecule has 3 N–H and O–H groups in total. The number of hydrogen-bond donors (Lipinski definition) is 3. The van der Waals surface area contributed by atoms with Gasteiger partial charge in [0.15, 0.2) is 0 Å². The molecule has 4 heteroatoms. The zero-order valence-electron chi connectivity index (χ0n) is 7.76. The van der Waals surface area contributed by atoms with Crippen LogP contribution in [0.4, 0.5) is 0 Å². The second-order valence-corrected chi connectivity index (χ2v) is 2.25. The molecule has 3 nitrogen and oxygen atoms in total. The Morgan fingerprint density at radius 3 is 2.80 bits per heavy atom. The first-order chi connectivity index (χ1) is 5.45. The molecule has 60 valence electrons. The fourth-order valence-electron chi connectivity index (χ4n) is 0.562. The highest BCUT2D eigenvalue weighted by molar-refractivity contribution is 7.80. The topological polar surface area (TPSA) is 55.1 Å². The molecule has 0 rings (SSSR count). The molecule has 0 aromatic heterocycles. The van der Waals surface area contributed by atoms with Crippen molar-refractivity contribution < 1.29 is 7.54 Å². The summed E-state index contributed by atoms with van der Waals surface area (Å²) >= 11 is 3.71. The summed E-state index contributed by atoms with van der Waals surface area (Å²) < 4.78 is 14.1. The van der Waals surface area contributed by atoms with Crippen LogP contribution in [0.15, 0.2) is 0 Å². The molecule has 0 bridgehead atoms. The molecule has 0 saturated carbocycles. The van der Waals surface area contributed by atoms with Gasteiger partial charge < -0.3 is 0 Å². The summed E-state index contributed by atoms with van der Waals surface area (Å²) in [4.78, 5) is 10.6. The lowest BCUT2D eigenvalue weighted by Gasteiger charge is -1.97. The normalized spacial score (nSPS) is 13.8. The maximum Gasteiger partial charge on any atom is 0.233 e. The predicted molar refractivity (Wildman–Crippen MR) is 44.7 cm³/mol. The Kier molecular flexibility index (Phi) is 4.47. The van der Waals surface area contributed by atoms with Crippen LogP contribution in [0.1, 0.15) is 28.4 Å². The van der Waals surface area contributed by atoms with E-state index in [0.29, 0.717) is 25.7 Å². The van der Waals surface area contributed by atoms with Crippen molar-refractivity contribution in [3.05, 3.63) is 0 Å². The van der Waals surface area contributed by atoms with Gasteiger partial charge in [-0.1, -0.05) is 6.42 Å². The van der Waals surface area contributed by atoms with Gasteiger partial charge in [0, 0.05) is 9.16 Å². The minimum atomic E-state index is -1.43. The molecule has 0 aliphatic heterocycles. The Hall–Kier alpha value is -0.220. The Bertz CT molecular complexity index is 149. The largest absolute Gasteiger partial charge is 0.294 e. The number of hydrazine groups is 1. The number of unbranched alkanes of at least 4 members (excludes halogenated alkanes) is 1. The van der Waals surface area contributed by atoms with Gasteiger partial charge >= 0.3 is 0 Å². The van der Waals surface area contributed by atoms with Gasteiger partial charge in [-0.05, 0) is 18.5 Å². The number of carbonyl (C=O) groups is 1. The quantitative estimate of drug-likeness (QED) is 0.182. The van der Waals surface area contributed by atoms with E-state index in [-0.39, 0.29) is 5.91 Å². The van der Waals surface area contributed by atoms with Crippen LogP contribution in [0.3, 0.4) is 0 Å². The molecule has 0 aromatic rings. The van der Waals surface area contributed by atoms with Gasteiger partial charge in [-0.3, -0.25) is 10.2 Å². The molecular formula is C6H14N2OS. The van der Waals surface area contributed by atoms with Crippen molar-refractivity contribution in [1.82, 2.24) is 5.43 Å². The van der Waals surface area contributed by atoms with Crippen LogP contribution in [0.5, 0.6) is 0 Å². The van der Waals surface area contributed by atoms with E-state index in [1.807, 2.05) is 5.43 Å². The third-order valence-electron chi connectivity index (χ3n) is 1.10. The van der Waals surface area contributed by atoms with Gasteiger partial charge in [0.25, 0.3) is 0 Å². The van der Waals surface area contributed by atoms with Gasteiger partial charge in [-0.15, -0.1) is 0 Å². The first kappa shape index (κ1) is 6.49. The van der Waals surface area contributed by atoms with Crippen LogP contribution in [0.25, 0.3) is 0 Å². The van der Waals surface area contributed by atoms with Crippen molar-refractivity contribution in [3.63, 3.8) is 0 Å². The van der Waals surface area contributed by atoms with Crippen molar-refractivity contribution in [2.24, 2.45) is 5.84 Å². The second kappa shape index (κ2) is 6.89. The maximum absolute atomic E-state index is 10.6. The van der Waals surface area contributed by atoms with Crippen LogP contribution in [-0.2, 0) is 4.79 Å². The average Bonchev–Trinajstić information content (AvgIpc) is 1.96. The molecule has 0 unspecified atom stereocenters. The lowest BCUT2D eigenvalue weighted by molar-refractivity contribution is -0.121. The van der Waals surface area contributed by atoms with Crippen LogP contribution in [0, 0.1) is 0 Å². The molecule has 0 heterocycles. The Morgan fingerprint density at radius 1 is 1.60 bits per heavy atom. The van der Waals surface area contributed by atoms with Crippen LogP contribution < -0.4 is 11.3 Å². The first-order valence-corrected chi connectivity index (χ1v) is 3.62. The standard InChI is InChI=1S/C6H14N2OS/c7-8-6(9)4-2-1-3-5-10/h10H,1-5,7H2,(H,8,9)/i5D2. The van der Waals surface area contributed by atoms with Crippen molar-refractivity contribution in [2.45, 2.75) is 25.7 Å². The SMILES string of the molecule is [2H]C([2H])(S)CCCCC(=O)NN. The number of rotatable bonds is 5. The fourth-order valence-corrected chi connectivity index (χ4v) is 0.720. The van der Waals surface area contributed by atoms with Crippen LogP contribution in [-0.4, -0.2) is 11.6 Å². The number of amides is 1. The lowest BCUT2D eigenvalue weighted by atomic mass is 10.2. The number of carbonyl (C=O) groups excluding carboxylic acids is 1. The van der Waals surface area contributed by atoms with Crippen LogP contribution >= 0.6 is 12.6 Å². The summed E-state index contributed by atoms with van der Waals surface area (Å²) in [6, 6.07) is 0. The van der Waals surface area contributed by atoms with E-state index in [9.17, 15) is 4.79 Å². The molecular weight excluding hydrogens is 148 g/mol. The molecule has 0 radical (unpaired) electrons. The zero-order chi connectivity index (χ0) is 9.61. The highest BCUT2D eigenvalue weighted by Gasteiger charge is 1.95. The number of thiol groups is 1. The summed E-state index contributed by atoms with van der Waals surface area (Å²) in [6.07, 6.45) is 1.99. The van der Waals surface area contributed by atoms with Crippen LogP contribution in [0.2, 0.25) is 0 Å². The van der Waals surface area contributed by atoms with E-state index < -0.39 is 5.70 Å². The summed E-state index contributed by atoms with van der Waals surface area (Å²) in [6.45, 7) is 0. The van der Waals surface area contributed by atoms with Crippen molar-refractivity contribution >= 4 is 18.5 Å². The lowest BCUT2D eigenvalue weighted by Crippen LogP contribution is -2.29. The van der Waals surface area contributed by atoms with Gasteiger partial charge in [0.05, 0.1) is 0 Å². The number of nitrogens with one attached hydrogen (secondary N) is 1. The van der Waals surface area contributed by atoms with E-state index in [1.165, 1.54) is 0 Å². The zero-order valence-corrected chi connectivity index (χ0v) is 6.66. The molecule has 0 atom stereocenters. The van der Waals surface area contributed by atoms with E-state index in [4.69, 9.17) is 8.58 Å². The average molecular weight is 164 g/mol. The fraction of sp³-hybridized carbons (Fsp3) is 0.833. The van der Waals surface area contributed by atoms with E-state index >= 15 is 0 Å². The van der Waals surface area contributed by atoms with E-state index in [0.717, 1.165) is 0 Å². The van der Waals surface area contributed by atoms with E-state index in [2.05, 4.69) is 12.6 Å². The molecule has 0 saturated heterocycles. The van der Waals surface area contributed by atoms with Gasteiger partial charge in [-0.25, -0.2) is 5.84 Å². The molecule has 0 aliphatic rings. The van der Waals surface area contributed by atoms with Crippen molar-refractivity contribution in [1.29, 1.82) is 0 Å². The summed E-state index contributed by atoms with van der Waals surface area (Å²) in [7, 11) is 0. The molecule has 1 amide bonds. The minimum absolute atomic E-state index is 0.213. The smallest absolute Gasteiger partial charge is 0.233 e. The van der Waals surface area contributed by atoms with Gasteiger partial charge in [0.1, 0.15) is 0 Å². The van der Waals surface area contributed by atoms with Crippen molar-refractivity contribution in [2.75, 3.05) is 5.70 Å². The Morgan fingerprint density at radius 2 is 2.30 bits per heavy atom. The highest BCUT2D eigenvalue weighted by Crippen LogP contribution is 1.99. The third-order valence-corrected chi connectivity index (χ3v) is 1.33. The molecule has 0 fully saturated rings. The maximum atomic E-state index is 10.6. The third kappa shape index (κ3) is 5.91. The predicted octanol–water partition coefficient (Wildman–Crippen LogP) is 0.467. The summed E-state index contributed by atoms with van der Waals surface area (Å²) in [5.74, 6) is 4.64. The van der Waals surface area contributed by atoms with E-state index in [1.54, 1.807) is 0 Å². The molecule has 0 aromatic carbocycles. The summed E-state index contributed by atoms with van der Waals surface area (Å²) in [5, 5.41) is 0. The number of hydrogen-bond acceptors (Lipinski definition) is 3. The first-order valence-electron chi connectivity index (χ1n) is 4.17. The Balaban J connectivity index is 3.28. The second-order valence-electron chi connectivity index (χ2n) is 1.93. The molecule has 10 heavy (non-hydrogen) atoms. The Labute approximate surface area is 69.6 Å².